The molecular formula is C29H35F6N3O4. The van der Waals surface area contributed by atoms with E-state index in [0.717, 1.165) is 13.1 Å². The first-order valence-electron chi connectivity index (χ1n) is 13.7. The van der Waals surface area contributed by atoms with Crippen molar-refractivity contribution in [1.29, 1.82) is 0 Å². The van der Waals surface area contributed by atoms with Gasteiger partial charge in [-0.05, 0) is 48.7 Å². The average molecular weight is 604 g/mol. The number of alkyl halides is 6. The van der Waals surface area contributed by atoms with Crippen LogP contribution in [0.3, 0.4) is 0 Å². The highest BCUT2D eigenvalue weighted by Crippen LogP contribution is 2.37. The van der Waals surface area contributed by atoms with Crippen LogP contribution in [0, 0.1) is 6.92 Å². The number of hydrogen-bond acceptors (Lipinski definition) is 6. The molecule has 1 amide bonds. The number of hydrogen-bond donors (Lipinski definition) is 1. The van der Waals surface area contributed by atoms with E-state index in [1.54, 1.807) is 32.2 Å². The minimum Gasteiger partial charge on any atom is -0.508 e. The Kier molecular flexibility index (Phi) is 10.1. The van der Waals surface area contributed by atoms with Crippen molar-refractivity contribution in [2.45, 2.75) is 37.8 Å². The van der Waals surface area contributed by atoms with Crippen LogP contribution in [-0.4, -0.2) is 104 Å². The normalized spacial score (nSPS) is 21.1. The number of phenolic OH excluding ortho intramolecular Hbond substituents is 1. The van der Waals surface area contributed by atoms with E-state index in [9.17, 15) is 36.2 Å². The van der Waals surface area contributed by atoms with Gasteiger partial charge in [0.1, 0.15) is 5.75 Å². The van der Waals surface area contributed by atoms with Crippen molar-refractivity contribution < 1.29 is 45.7 Å². The lowest BCUT2D eigenvalue weighted by molar-refractivity contribution is -0.143. The zero-order chi connectivity index (χ0) is 30.7. The fraction of sp³-hybridized carbons (Fsp3) is 0.552. The van der Waals surface area contributed by atoms with Gasteiger partial charge in [-0.15, -0.1) is 0 Å². The number of nitrogens with zero attached hydrogens (tertiary/aromatic N) is 3. The van der Waals surface area contributed by atoms with E-state index in [4.69, 9.17) is 9.47 Å². The fourth-order valence-electron chi connectivity index (χ4n) is 5.42. The summed E-state index contributed by atoms with van der Waals surface area (Å²) >= 11 is 0. The maximum atomic E-state index is 13.6. The van der Waals surface area contributed by atoms with Gasteiger partial charge in [-0.3, -0.25) is 14.6 Å². The molecule has 2 aliphatic rings. The number of morpholine rings is 1. The molecule has 0 unspecified atom stereocenters. The lowest BCUT2D eigenvalue weighted by Crippen LogP contribution is -2.57. The molecule has 0 radical (unpaired) electrons. The monoisotopic (exact) mass is 603 g/mol. The second-order valence-corrected chi connectivity index (χ2v) is 10.8. The number of rotatable bonds is 8. The molecule has 2 saturated heterocycles. The van der Waals surface area contributed by atoms with Crippen molar-refractivity contribution in [2.24, 2.45) is 0 Å². The second kappa shape index (κ2) is 13.2. The van der Waals surface area contributed by atoms with Crippen molar-refractivity contribution in [1.82, 2.24) is 14.7 Å². The molecule has 1 N–H and O–H groups in total. The van der Waals surface area contributed by atoms with Gasteiger partial charge in [-0.1, -0.05) is 12.1 Å². The summed E-state index contributed by atoms with van der Waals surface area (Å²) in [6, 6.07) is 5.49. The molecule has 4 rings (SSSR count). The topological polar surface area (TPSA) is 65.5 Å². The van der Waals surface area contributed by atoms with E-state index >= 15 is 0 Å². The Labute approximate surface area is 240 Å². The standard InChI is InChI=1S/C29H35F6N3O4/c1-19-3-4-20(12-26(19)39)11-24-16-36(5-6-37-9-10-42-25(17-37)18-41-2)7-8-38(24)27(40)21-13-22(28(30,31)32)15-23(14-21)29(33,34)35/h3-4,12-15,24-25,39H,5-11,16-18H2,1-2H3/t24-,25+/m1/s1. The number of phenols is 1. The van der Waals surface area contributed by atoms with Crippen LogP contribution in [0.1, 0.15) is 32.6 Å². The molecule has 2 aromatic carbocycles. The van der Waals surface area contributed by atoms with Gasteiger partial charge >= 0.3 is 12.4 Å². The summed E-state index contributed by atoms with van der Waals surface area (Å²) in [5.74, 6) is -0.841. The number of carbonyl (C=O) groups is 1. The molecule has 232 valence electrons. The zero-order valence-electron chi connectivity index (χ0n) is 23.5. The summed E-state index contributed by atoms with van der Waals surface area (Å²) in [5, 5.41) is 10.2. The number of aryl methyl sites for hydroxylation is 1. The molecule has 0 saturated carbocycles. The molecule has 0 bridgehead atoms. The number of carbonyl (C=O) groups excluding carboxylic acids is 1. The second-order valence-electron chi connectivity index (χ2n) is 10.8. The van der Waals surface area contributed by atoms with E-state index in [1.165, 1.54) is 4.90 Å². The maximum Gasteiger partial charge on any atom is 0.416 e. The summed E-state index contributed by atoms with van der Waals surface area (Å²) in [4.78, 5) is 19.3. The molecule has 2 aromatic rings. The molecule has 2 fully saturated rings. The number of piperazine rings is 1. The molecule has 2 heterocycles. The van der Waals surface area contributed by atoms with Crippen molar-refractivity contribution >= 4 is 5.91 Å². The number of ether oxygens (including phenoxy) is 2. The van der Waals surface area contributed by atoms with E-state index < -0.39 is 41.0 Å². The van der Waals surface area contributed by atoms with Crippen molar-refractivity contribution in [3.63, 3.8) is 0 Å². The Morgan fingerprint density at radius 2 is 1.60 bits per heavy atom. The number of benzene rings is 2. The molecule has 42 heavy (non-hydrogen) atoms. The van der Waals surface area contributed by atoms with E-state index in [2.05, 4.69) is 9.80 Å². The van der Waals surface area contributed by atoms with Crippen LogP contribution in [0.15, 0.2) is 36.4 Å². The Bertz CT molecular complexity index is 1200. The molecule has 2 aliphatic heterocycles. The minimum atomic E-state index is -5.06. The average Bonchev–Trinajstić information content (AvgIpc) is 2.93. The van der Waals surface area contributed by atoms with Gasteiger partial charge in [-0.25, -0.2) is 0 Å². The number of amides is 1. The summed E-state index contributed by atoms with van der Waals surface area (Å²) in [5.41, 5.74) is -2.38. The van der Waals surface area contributed by atoms with Crippen LogP contribution in [-0.2, 0) is 28.2 Å². The summed E-state index contributed by atoms with van der Waals surface area (Å²) < 4.78 is 91.8. The SMILES string of the molecule is COC[C@@H]1CN(CCN2CCN(C(=O)c3cc(C(F)(F)F)cc(C(F)(F)F)c3)[C@H](Cc3ccc(C)c(O)c3)C2)CCO1. The minimum absolute atomic E-state index is 0.0180. The highest BCUT2D eigenvalue weighted by molar-refractivity contribution is 5.95. The third-order valence-corrected chi connectivity index (χ3v) is 7.72. The molecule has 7 nitrogen and oxygen atoms in total. The van der Waals surface area contributed by atoms with Crippen LogP contribution >= 0.6 is 0 Å². The molecule has 0 spiro atoms. The molecule has 0 aliphatic carbocycles. The third kappa shape index (κ3) is 8.15. The van der Waals surface area contributed by atoms with Gasteiger partial charge in [-0.2, -0.15) is 26.3 Å². The largest absolute Gasteiger partial charge is 0.508 e. The van der Waals surface area contributed by atoms with Crippen molar-refractivity contribution in [2.75, 3.05) is 66.1 Å². The molecular weight excluding hydrogens is 568 g/mol. The first-order chi connectivity index (χ1) is 19.7. The number of aromatic hydroxyl groups is 1. The van der Waals surface area contributed by atoms with Crippen LogP contribution in [0.2, 0.25) is 0 Å². The van der Waals surface area contributed by atoms with Crippen molar-refractivity contribution in [3.8, 4) is 5.75 Å². The van der Waals surface area contributed by atoms with Gasteiger partial charge < -0.3 is 19.5 Å². The number of halogens is 6. The van der Waals surface area contributed by atoms with Crippen molar-refractivity contribution in [3.05, 3.63) is 64.2 Å². The Balaban J connectivity index is 1.56. The maximum absolute atomic E-state index is 13.6. The molecule has 2 atom stereocenters. The predicted octanol–water partition coefficient (Wildman–Crippen LogP) is 4.45. The first-order valence-corrected chi connectivity index (χ1v) is 13.7. The predicted molar refractivity (Wildman–Crippen MR) is 142 cm³/mol. The fourth-order valence-corrected chi connectivity index (χ4v) is 5.42. The number of methoxy groups -OCH3 is 1. The van der Waals surface area contributed by atoms with Crippen LogP contribution in [0.25, 0.3) is 0 Å². The van der Waals surface area contributed by atoms with Gasteiger partial charge in [0.25, 0.3) is 5.91 Å². The summed E-state index contributed by atoms with van der Waals surface area (Å²) in [6.45, 7) is 6.49. The Morgan fingerprint density at radius 3 is 2.19 bits per heavy atom. The highest BCUT2D eigenvalue weighted by Gasteiger charge is 2.39. The van der Waals surface area contributed by atoms with Crippen LogP contribution < -0.4 is 0 Å². The van der Waals surface area contributed by atoms with Crippen LogP contribution in [0.5, 0.6) is 5.75 Å². The van der Waals surface area contributed by atoms with Gasteiger partial charge in [0.05, 0.1) is 30.4 Å². The Hall–Kier alpha value is -2.87. The van der Waals surface area contributed by atoms with Gasteiger partial charge in [0, 0.05) is 64.5 Å². The Morgan fingerprint density at radius 1 is 0.952 bits per heavy atom. The van der Waals surface area contributed by atoms with E-state index in [1.807, 2.05) is 0 Å². The zero-order valence-corrected chi connectivity index (χ0v) is 23.5. The van der Waals surface area contributed by atoms with Gasteiger partial charge in [0.15, 0.2) is 0 Å². The van der Waals surface area contributed by atoms with E-state index in [0.29, 0.717) is 62.7 Å². The molecule has 13 heteroatoms. The molecule has 0 aromatic heterocycles. The van der Waals surface area contributed by atoms with Gasteiger partial charge in [0.2, 0.25) is 0 Å². The smallest absolute Gasteiger partial charge is 0.416 e. The summed E-state index contributed by atoms with van der Waals surface area (Å²) in [6.07, 6.45) is -9.89. The lowest BCUT2D eigenvalue weighted by Gasteiger charge is -2.43. The highest BCUT2D eigenvalue weighted by atomic mass is 19.4. The third-order valence-electron chi connectivity index (χ3n) is 7.72. The first kappa shape index (κ1) is 32.1. The van der Waals surface area contributed by atoms with E-state index in [-0.39, 0.29) is 30.9 Å². The quantitative estimate of drug-likeness (QED) is 0.450. The lowest BCUT2D eigenvalue weighted by atomic mass is 9.98. The van der Waals surface area contributed by atoms with Crippen LogP contribution in [0.4, 0.5) is 26.3 Å². The summed E-state index contributed by atoms with van der Waals surface area (Å²) in [7, 11) is 1.61.